The fourth-order valence-electron chi connectivity index (χ4n) is 4.14. The van der Waals surface area contributed by atoms with Gasteiger partial charge >= 0.3 is 0 Å². The molecule has 1 amide bonds. The number of ether oxygens (including phenoxy) is 3. The van der Waals surface area contributed by atoms with Crippen molar-refractivity contribution in [2.24, 2.45) is 11.1 Å². The van der Waals surface area contributed by atoms with E-state index in [-0.39, 0.29) is 17.4 Å². The fourth-order valence-corrected chi connectivity index (χ4v) is 4.14. The third-order valence-corrected chi connectivity index (χ3v) is 6.22. The van der Waals surface area contributed by atoms with Gasteiger partial charge in [0.1, 0.15) is 5.54 Å². The van der Waals surface area contributed by atoms with Crippen molar-refractivity contribution >= 4 is 5.91 Å². The standard InChI is InChI=1S/C20H30N2O4/c1-6-26-17-11-20(21,19(17,2)3)18(23)22-8-7-13-9-15(24-4)16(25-5)10-14(13)12-22/h9-10,17H,6-8,11-12,21H2,1-5H3. The van der Waals surface area contributed by atoms with Crippen LogP contribution in [0.2, 0.25) is 0 Å². The van der Waals surface area contributed by atoms with E-state index in [1.807, 2.05) is 37.8 Å². The lowest BCUT2D eigenvalue weighted by Crippen LogP contribution is -2.76. The van der Waals surface area contributed by atoms with Gasteiger partial charge in [0.15, 0.2) is 11.5 Å². The number of benzene rings is 1. The first-order chi connectivity index (χ1) is 12.3. The van der Waals surface area contributed by atoms with Crippen molar-refractivity contribution in [3.05, 3.63) is 23.3 Å². The molecule has 144 valence electrons. The zero-order chi connectivity index (χ0) is 19.1. The van der Waals surface area contributed by atoms with Gasteiger partial charge in [-0.25, -0.2) is 0 Å². The Kier molecular flexibility index (Phi) is 4.92. The molecule has 1 heterocycles. The van der Waals surface area contributed by atoms with Crippen LogP contribution < -0.4 is 15.2 Å². The molecule has 0 bridgehead atoms. The molecule has 1 aliphatic heterocycles. The number of nitrogens with zero attached hydrogens (tertiary/aromatic N) is 1. The Morgan fingerprint density at radius 3 is 2.38 bits per heavy atom. The Hall–Kier alpha value is -1.79. The molecule has 2 unspecified atom stereocenters. The summed E-state index contributed by atoms with van der Waals surface area (Å²) in [5.41, 5.74) is 7.61. The minimum atomic E-state index is -0.874. The van der Waals surface area contributed by atoms with Crippen molar-refractivity contribution < 1.29 is 19.0 Å². The molecule has 6 heteroatoms. The van der Waals surface area contributed by atoms with Gasteiger partial charge in [-0.05, 0) is 36.6 Å². The predicted octanol–water partition coefficient (Wildman–Crippen LogP) is 2.12. The molecule has 26 heavy (non-hydrogen) atoms. The number of carbonyl (C=O) groups excluding carboxylic acids is 1. The van der Waals surface area contributed by atoms with Crippen LogP contribution in [0.4, 0.5) is 0 Å². The number of nitrogens with two attached hydrogens (primary N) is 1. The first kappa shape index (κ1) is 19.0. The van der Waals surface area contributed by atoms with Crippen molar-refractivity contribution in [3.63, 3.8) is 0 Å². The summed E-state index contributed by atoms with van der Waals surface area (Å²) in [5.74, 6) is 1.42. The molecule has 1 aromatic rings. The Balaban J connectivity index is 1.80. The minimum Gasteiger partial charge on any atom is -0.493 e. The van der Waals surface area contributed by atoms with Crippen LogP contribution in [0.1, 0.15) is 38.3 Å². The maximum atomic E-state index is 13.2. The van der Waals surface area contributed by atoms with Crippen LogP contribution in [0.3, 0.4) is 0 Å². The highest BCUT2D eigenvalue weighted by Gasteiger charge is 2.63. The van der Waals surface area contributed by atoms with Crippen molar-refractivity contribution in [3.8, 4) is 11.5 Å². The molecule has 0 spiro atoms. The summed E-state index contributed by atoms with van der Waals surface area (Å²) in [6, 6.07) is 3.97. The topological polar surface area (TPSA) is 74.0 Å². The second-order valence-corrected chi connectivity index (χ2v) is 7.79. The minimum absolute atomic E-state index is 0.0129. The van der Waals surface area contributed by atoms with Gasteiger partial charge in [0, 0.05) is 31.5 Å². The van der Waals surface area contributed by atoms with E-state index in [1.54, 1.807) is 14.2 Å². The van der Waals surface area contributed by atoms with Crippen LogP contribution >= 0.6 is 0 Å². The number of rotatable bonds is 5. The Morgan fingerprint density at radius 1 is 1.23 bits per heavy atom. The van der Waals surface area contributed by atoms with Crippen molar-refractivity contribution in [1.29, 1.82) is 0 Å². The molecule has 0 saturated heterocycles. The quantitative estimate of drug-likeness (QED) is 0.868. The van der Waals surface area contributed by atoms with E-state index in [0.717, 1.165) is 17.7 Å². The van der Waals surface area contributed by atoms with E-state index in [4.69, 9.17) is 19.9 Å². The highest BCUT2D eigenvalue weighted by atomic mass is 16.5. The second-order valence-electron chi connectivity index (χ2n) is 7.79. The summed E-state index contributed by atoms with van der Waals surface area (Å²) in [5, 5.41) is 0. The molecule has 1 aliphatic carbocycles. The zero-order valence-electron chi connectivity index (χ0n) is 16.4. The van der Waals surface area contributed by atoms with Gasteiger partial charge in [-0.15, -0.1) is 0 Å². The average molecular weight is 362 g/mol. The lowest BCUT2D eigenvalue weighted by atomic mass is 9.54. The number of amides is 1. The van der Waals surface area contributed by atoms with Crippen molar-refractivity contribution in [2.75, 3.05) is 27.4 Å². The SMILES string of the molecule is CCOC1CC(N)(C(=O)N2CCc3cc(OC)c(OC)cc3C2)C1(C)C. The Morgan fingerprint density at radius 2 is 1.85 bits per heavy atom. The van der Waals surface area contributed by atoms with Crippen LogP contribution in [0, 0.1) is 5.41 Å². The molecule has 1 aromatic carbocycles. The van der Waals surface area contributed by atoms with E-state index in [1.165, 1.54) is 5.56 Å². The number of carbonyl (C=O) groups is 1. The highest BCUT2D eigenvalue weighted by Crippen LogP contribution is 2.51. The van der Waals surface area contributed by atoms with Gasteiger partial charge in [-0.1, -0.05) is 13.8 Å². The molecule has 2 atom stereocenters. The molecular weight excluding hydrogens is 332 g/mol. The van der Waals surface area contributed by atoms with Gasteiger partial charge in [-0.2, -0.15) is 0 Å². The highest BCUT2D eigenvalue weighted by molar-refractivity contribution is 5.89. The van der Waals surface area contributed by atoms with Crippen molar-refractivity contribution in [2.45, 2.75) is 51.8 Å². The van der Waals surface area contributed by atoms with Crippen LogP contribution in [-0.2, 0) is 22.5 Å². The third-order valence-electron chi connectivity index (χ3n) is 6.22. The van der Waals surface area contributed by atoms with Gasteiger partial charge < -0.3 is 24.8 Å². The summed E-state index contributed by atoms with van der Waals surface area (Å²) >= 11 is 0. The predicted molar refractivity (Wildman–Crippen MR) is 99.4 cm³/mol. The molecule has 2 N–H and O–H groups in total. The van der Waals surface area contributed by atoms with Gasteiger partial charge in [0.2, 0.25) is 5.91 Å². The summed E-state index contributed by atoms with van der Waals surface area (Å²) in [4.78, 5) is 15.1. The first-order valence-electron chi connectivity index (χ1n) is 9.22. The molecule has 0 aromatic heterocycles. The van der Waals surface area contributed by atoms with Crippen molar-refractivity contribution in [1.82, 2.24) is 4.90 Å². The second kappa shape index (κ2) is 6.74. The lowest BCUT2D eigenvalue weighted by molar-refractivity contribution is -0.180. The zero-order valence-corrected chi connectivity index (χ0v) is 16.4. The van der Waals surface area contributed by atoms with E-state index in [2.05, 4.69) is 0 Å². The molecule has 2 aliphatic rings. The maximum absolute atomic E-state index is 13.2. The summed E-state index contributed by atoms with van der Waals surface area (Å²) < 4.78 is 16.5. The van der Waals surface area contributed by atoms with Crippen LogP contribution in [0.25, 0.3) is 0 Å². The fraction of sp³-hybridized carbons (Fsp3) is 0.650. The van der Waals surface area contributed by atoms with Gasteiger partial charge in [0.25, 0.3) is 0 Å². The Bertz CT molecular complexity index is 703. The van der Waals surface area contributed by atoms with Crippen LogP contribution in [-0.4, -0.2) is 49.8 Å². The summed E-state index contributed by atoms with van der Waals surface area (Å²) in [7, 11) is 3.25. The molecule has 1 saturated carbocycles. The molecule has 1 fully saturated rings. The number of hydrogen-bond acceptors (Lipinski definition) is 5. The lowest BCUT2D eigenvalue weighted by Gasteiger charge is -2.58. The largest absolute Gasteiger partial charge is 0.493 e. The number of fused-ring (bicyclic) bond motifs is 1. The molecule has 3 rings (SSSR count). The van der Waals surface area contributed by atoms with Gasteiger partial charge in [0.05, 0.1) is 20.3 Å². The summed E-state index contributed by atoms with van der Waals surface area (Å²) in [6.45, 7) is 7.87. The normalized spacial score (nSPS) is 26.7. The molecular formula is C20H30N2O4. The van der Waals surface area contributed by atoms with E-state index >= 15 is 0 Å². The van der Waals surface area contributed by atoms with E-state index < -0.39 is 5.54 Å². The monoisotopic (exact) mass is 362 g/mol. The molecule has 0 radical (unpaired) electrons. The smallest absolute Gasteiger partial charge is 0.243 e. The number of methoxy groups -OCH3 is 2. The number of hydrogen-bond donors (Lipinski definition) is 1. The molecule has 6 nitrogen and oxygen atoms in total. The summed E-state index contributed by atoms with van der Waals surface area (Å²) in [6.07, 6.45) is 1.39. The average Bonchev–Trinajstić information content (AvgIpc) is 2.65. The maximum Gasteiger partial charge on any atom is 0.243 e. The van der Waals surface area contributed by atoms with Crippen LogP contribution in [0.5, 0.6) is 11.5 Å². The van der Waals surface area contributed by atoms with E-state index in [9.17, 15) is 4.79 Å². The van der Waals surface area contributed by atoms with Crippen LogP contribution in [0.15, 0.2) is 12.1 Å². The first-order valence-corrected chi connectivity index (χ1v) is 9.22. The van der Waals surface area contributed by atoms with Gasteiger partial charge in [-0.3, -0.25) is 4.79 Å². The Labute approximate surface area is 155 Å². The third kappa shape index (κ3) is 2.76. The van der Waals surface area contributed by atoms with E-state index in [0.29, 0.717) is 31.9 Å².